The Labute approximate surface area is 118 Å². The smallest absolute Gasteiger partial charge is 0.228 e. The van der Waals surface area contributed by atoms with Crippen LogP contribution in [0.4, 0.5) is 0 Å². The van der Waals surface area contributed by atoms with Crippen molar-refractivity contribution in [1.82, 2.24) is 0 Å². The lowest BCUT2D eigenvalue weighted by Crippen LogP contribution is -2.04. The van der Waals surface area contributed by atoms with Crippen LogP contribution in [-0.4, -0.2) is 19.0 Å². The first kappa shape index (κ1) is 14.2. The molecule has 0 saturated carbocycles. The van der Waals surface area contributed by atoms with Crippen molar-refractivity contribution in [2.45, 2.75) is 20.8 Å². The van der Waals surface area contributed by atoms with Crippen LogP contribution in [0.2, 0.25) is 0 Å². The Balaban J connectivity index is 2.35. The van der Waals surface area contributed by atoms with E-state index in [1.807, 2.05) is 20.8 Å². The number of hydrogen-bond donors (Lipinski definition) is 0. The summed E-state index contributed by atoms with van der Waals surface area (Å²) >= 11 is 0. The van der Waals surface area contributed by atoms with Crippen LogP contribution in [0.5, 0.6) is 11.5 Å². The van der Waals surface area contributed by atoms with Crippen LogP contribution < -0.4 is 9.47 Å². The molecule has 0 aliphatic heterocycles. The van der Waals surface area contributed by atoms with Crippen molar-refractivity contribution in [1.29, 1.82) is 0 Å². The molecule has 0 radical (unpaired) electrons. The highest BCUT2D eigenvalue weighted by Gasteiger charge is 2.17. The number of aryl methyl sites for hydroxylation is 1. The maximum absolute atomic E-state index is 12.4. The zero-order chi connectivity index (χ0) is 14.5. The zero-order valence-corrected chi connectivity index (χ0v) is 11.9. The molecule has 20 heavy (non-hydrogen) atoms. The highest BCUT2D eigenvalue weighted by molar-refractivity contribution is 6.08. The average Bonchev–Trinajstić information content (AvgIpc) is 2.86. The second-order valence-corrected chi connectivity index (χ2v) is 4.29. The van der Waals surface area contributed by atoms with E-state index in [0.29, 0.717) is 36.0 Å². The predicted molar refractivity (Wildman–Crippen MR) is 75.7 cm³/mol. The third-order valence-electron chi connectivity index (χ3n) is 2.87. The first-order chi connectivity index (χ1) is 9.67. The van der Waals surface area contributed by atoms with Crippen molar-refractivity contribution < 1.29 is 18.7 Å². The molecule has 2 aromatic rings. The quantitative estimate of drug-likeness (QED) is 0.755. The Morgan fingerprint density at radius 3 is 2.40 bits per heavy atom. The normalized spacial score (nSPS) is 10.3. The Hall–Kier alpha value is -2.23. The van der Waals surface area contributed by atoms with Crippen LogP contribution in [-0.2, 0) is 0 Å². The van der Waals surface area contributed by atoms with Crippen LogP contribution in [0.15, 0.2) is 34.9 Å². The van der Waals surface area contributed by atoms with Gasteiger partial charge in [-0.1, -0.05) is 0 Å². The van der Waals surface area contributed by atoms with Gasteiger partial charge in [0.05, 0.1) is 19.5 Å². The maximum Gasteiger partial charge on any atom is 0.228 e. The van der Waals surface area contributed by atoms with Gasteiger partial charge in [-0.05, 0) is 50.6 Å². The molecule has 1 aromatic carbocycles. The van der Waals surface area contributed by atoms with E-state index >= 15 is 0 Å². The second kappa shape index (κ2) is 6.28. The number of ketones is 1. The van der Waals surface area contributed by atoms with Crippen molar-refractivity contribution in [2.24, 2.45) is 0 Å². The van der Waals surface area contributed by atoms with Crippen molar-refractivity contribution in [3.05, 3.63) is 47.4 Å². The van der Waals surface area contributed by atoms with Crippen molar-refractivity contribution >= 4 is 5.78 Å². The molecular weight excluding hydrogens is 256 g/mol. The standard InChI is InChI=1S/C16H18O4/c1-4-18-13-7-6-12(10-14(13)19-5-2)15(17)16-11(3)8-9-20-16/h6-10H,4-5H2,1-3H3. The number of carbonyl (C=O) groups excluding carboxylic acids is 1. The SMILES string of the molecule is CCOc1ccc(C(=O)c2occc2C)cc1OCC. The Morgan fingerprint density at radius 1 is 1.10 bits per heavy atom. The summed E-state index contributed by atoms with van der Waals surface area (Å²) in [5.74, 6) is 1.42. The molecule has 2 rings (SSSR count). The molecule has 0 amide bonds. The molecule has 0 N–H and O–H groups in total. The van der Waals surface area contributed by atoms with Gasteiger partial charge in [-0.2, -0.15) is 0 Å². The number of ether oxygens (including phenoxy) is 2. The van der Waals surface area contributed by atoms with E-state index in [2.05, 4.69) is 0 Å². The Bertz CT molecular complexity index is 598. The third-order valence-corrected chi connectivity index (χ3v) is 2.87. The van der Waals surface area contributed by atoms with E-state index in [1.54, 1.807) is 24.3 Å². The number of furan rings is 1. The van der Waals surface area contributed by atoms with Gasteiger partial charge in [0.2, 0.25) is 5.78 Å². The molecule has 0 bridgehead atoms. The first-order valence-corrected chi connectivity index (χ1v) is 6.65. The zero-order valence-electron chi connectivity index (χ0n) is 11.9. The van der Waals surface area contributed by atoms with E-state index in [1.165, 1.54) is 6.26 Å². The van der Waals surface area contributed by atoms with Crippen molar-refractivity contribution in [3.63, 3.8) is 0 Å². The third kappa shape index (κ3) is 2.85. The number of carbonyl (C=O) groups is 1. The first-order valence-electron chi connectivity index (χ1n) is 6.65. The molecule has 4 heteroatoms. The van der Waals surface area contributed by atoms with E-state index in [0.717, 1.165) is 5.56 Å². The van der Waals surface area contributed by atoms with Gasteiger partial charge in [-0.25, -0.2) is 0 Å². The monoisotopic (exact) mass is 274 g/mol. The predicted octanol–water partition coefficient (Wildman–Crippen LogP) is 3.62. The largest absolute Gasteiger partial charge is 0.490 e. The lowest BCUT2D eigenvalue weighted by molar-refractivity contribution is 0.101. The van der Waals surface area contributed by atoms with E-state index in [-0.39, 0.29) is 5.78 Å². The number of rotatable bonds is 6. The van der Waals surface area contributed by atoms with Gasteiger partial charge in [0, 0.05) is 5.56 Å². The molecule has 1 aromatic heterocycles. The summed E-state index contributed by atoms with van der Waals surface area (Å²) in [5.41, 5.74) is 1.34. The van der Waals surface area contributed by atoms with Crippen LogP contribution in [0.3, 0.4) is 0 Å². The summed E-state index contributed by atoms with van der Waals surface area (Å²) in [6, 6.07) is 6.93. The molecule has 0 atom stereocenters. The van der Waals surface area contributed by atoms with Gasteiger partial charge < -0.3 is 13.9 Å². The summed E-state index contributed by atoms with van der Waals surface area (Å²) in [4.78, 5) is 12.4. The fraction of sp³-hybridized carbons (Fsp3) is 0.312. The fourth-order valence-corrected chi connectivity index (χ4v) is 1.93. The molecule has 0 aliphatic carbocycles. The summed E-state index contributed by atoms with van der Waals surface area (Å²) in [6.07, 6.45) is 1.51. The van der Waals surface area contributed by atoms with E-state index in [9.17, 15) is 4.79 Å². The molecule has 0 spiro atoms. The topological polar surface area (TPSA) is 48.7 Å². The summed E-state index contributed by atoms with van der Waals surface area (Å²) in [7, 11) is 0. The highest BCUT2D eigenvalue weighted by Crippen LogP contribution is 2.29. The summed E-state index contributed by atoms with van der Waals surface area (Å²) in [5, 5.41) is 0. The average molecular weight is 274 g/mol. The minimum Gasteiger partial charge on any atom is -0.490 e. The molecule has 1 heterocycles. The van der Waals surface area contributed by atoms with Crippen LogP contribution in [0, 0.1) is 6.92 Å². The van der Waals surface area contributed by atoms with Crippen LogP contribution in [0.25, 0.3) is 0 Å². The second-order valence-electron chi connectivity index (χ2n) is 4.29. The van der Waals surface area contributed by atoms with E-state index in [4.69, 9.17) is 13.9 Å². The van der Waals surface area contributed by atoms with Gasteiger partial charge in [-0.3, -0.25) is 4.79 Å². The van der Waals surface area contributed by atoms with Crippen molar-refractivity contribution in [3.8, 4) is 11.5 Å². The maximum atomic E-state index is 12.4. The molecule has 4 nitrogen and oxygen atoms in total. The highest BCUT2D eigenvalue weighted by atomic mass is 16.5. The Kier molecular flexibility index (Phi) is 4.45. The minimum absolute atomic E-state index is 0.156. The Morgan fingerprint density at radius 2 is 1.80 bits per heavy atom. The van der Waals surface area contributed by atoms with Gasteiger partial charge >= 0.3 is 0 Å². The van der Waals surface area contributed by atoms with Crippen LogP contribution in [0.1, 0.15) is 35.5 Å². The van der Waals surface area contributed by atoms with Crippen molar-refractivity contribution in [2.75, 3.05) is 13.2 Å². The molecule has 0 fully saturated rings. The van der Waals surface area contributed by atoms with Gasteiger partial charge in [0.15, 0.2) is 17.3 Å². The van der Waals surface area contributed by atoms with Gasteiger partial charge in [-0.15, -0.1) is 0 Å². The summed E-state index contributed by atoms with van der Waals surface area (Å²) in [6.45, 7) is 6.69. The molecule has 106 valence electrons. The lowest BCUT2D eigenvalue weighted by atomic mass is 10.1. The number of benzene rings is 1. The molecule has 0 aliphatic rings. The number of hydrogen-bond acceptors (Lipinski definition) is 4. The minimum atomic E-state index is -0.156. The molecular formula is C16H18O4. The van der Waals surface area contributed by atoms with E-state index < -0.39 is 0 Å². The molecule has 0 unspecified atom stereocenters. The van der Waals surface area contributed by atoms with Crippen LogP contribution >= 0.6 is 0 Å². The fourth-order valence-electron chi connectivity index (χ4n) is 1.93. The summed E-state index contributed by atoms with van der Waals surface area (Å²) < 4.78 is 16.2. The van der Waals surface area contributed by atoms with Gasteiger partial charge in [0.25, 0.3) is 0 Å². The lowest BCUT2D eigenvalue weighted by Gasteiger charge is -2.11. The molecule has 0 saturated heterocycles. The van der Waals surface area contributed by atoms with Gasteiger partial charge in [0.1, 0.15) is 0 Å².